The van der Waals surface area contributed by atoms with Crippen LogP contribution in [0.1, 0.15) is 29.7 Å². The summed E-state index contributed by atoms with van der Waals surface area (Å²) in [5.74, 6) is 1.25. The smallest absolute Gasteiger partial charge is 0.161 e. The lowest BCUT2D eigenvalue weighted by Gasteiger charge is -2.40. The van der Waals surface area contributed by atoms with Crippen molar-refractivity contribution in [1.29, 1.82) is 0 Å². The van der Waals surface area contributed by atoms with Crippen molar-refractivity contribution in [2.24, 2.45) is 5.73 Å². The van der Waals surface area contributed by atoms with Crippen molar-refractivity contribution in [1.82, 2.24) is 4.90 Å². The summed E-state index contributed by atoms with van der Waals surface area (Å²) in [6.45, 7) is 3.35. The molecule has 2 N–H and O–H groups in total. The first-order valence-corrected chi connectivity index (χ1v) is 8.53. The molecule has 0 spiro atoms. The summed E-state index contributed by atoms with van der Waals surface area (Å²) in [6, 6.07) is 10.9. The van der Waals surface area contributed by atoms with Gasteiger partial charge in [0.15, 0.2) is 11.5 Å². The summed E-state index contributed by atoms with van der Waals surface area (Å²) in [4.78, 5) is 2.25. The highest BCUT2D eigenvalue weighted by molar-refractivity contribution is 5.49. The standard InChI is InChI=1S/C20H25FN2O2/c1-13(22)20-16-11-19(25-3)18(24-2)10-14(16)8-9-23(20)12-15-6-4-5-7-17(15)21/h4-7,10-11,13,20H,8-9,12,22H2,1-3H3/t13-,20+/m0/s1. The van der Waals surface area contributed by atoms with Crippen molar-refractivity contribution >= 4 is 0 Å². The quantitative estimate of drug-likeness (QED) is 0.904. The fourth-order valence-electron chi connectivity index (χ4n) is 3.67. The van der Waals surface area contributed by atoms with Crippen molar-refractivity contribution in [3.05, 3.63) is 58.9 Å². The molecular weight excluding hydrogens is 319 g/mol. The zero-order chi connectivity index (χ0) is 18.0. The van der Waals surface area contributed by atoms with E-state index in [0.29, 0.717) is 17.9 Å². The number of hydrogen-bond acceptors (Lipinski definition) is 4. The van der Waals surface area contributed by atoms with E-state index in [4.69, 9.17) is 15.2 Å². The Kier molecular flexibility index (Phi) is 5.25. The molecule has 0 unspecified atom stereocenters. The predicted molar refractivity (Wildman–Crippen MR) is 96.5 cm³/mol. The number of halogens is 1. The van der Waals surface area contributed by atoms with Crippen LogP contribution in [0.2, 0.25) is 0 Å². The highest BCUT2D eigenvalue weighted by atomic mass is 19.1. The van der Waals surface area contributed by atoms with E-state index in [1.54, 1.807) is 20.3 Å². The maximum atomic E-state index is 14.1. The third-order valence-corrected chi connectivity index (χ3v) is 4.86. The summed E-state index contributed by atoms with van der Waals surface area (Å²) in [5, 5.41) is 0. The van der Waals surface area contributed by atoms with Gasteiger partial charge in [0.2, 0.25) is 0 Å². The van der Waals surface area contributed by atoms with Gasteiger partial charge < -0.3 is 15.2 Å². The largest absolute Gasteiger partial charge is 0.493 e. The number of rotatable bonds is 5. The number of benzene rings is 2. The van der Waals surface area contributed by atoms with Crippen molar-refractivity contribution in [3.63, 3.8) is 0 Å². The van der Waals surface area contributed by atoms with Gasteiger partial charge in [-0.15, -0.1) is 0 Å². The Balaban J connectivity index is 1.98. The summed E-state index contributed by atoms with van der Waals surface area (Å²) in [7, 11) is 3.27. The van der Waals surface area contributed by atoms with Crippen LogP contribution in [0.15, 0.2) is 36.4 Å². The first kappa shape index (κ1) is 17.7. The molecule has 2 aromatic carbocycles. The molecule has 0 saturated carbocycles. The molecule has 0 saturated heterocycles. The first-order chi connectivity index (χ1) is 12.0. The van der Waals surface area contributed by atoms with E-state index in [1.807, 2.05) is 31.2 Å². The van der Waals surface area contributed by atoms with E-state index in [0.717, 1.165) is 24.3 Å². The first-order valence-electron chi connectivity index (χ1n) is 8.53. The Labute approximate surface area is 148 Å². The van der Waals surface area contributed by atoms with Gasteiger partial charge in [0.25, 0.3) is 0 Å². The number of nitrogens with zero attached hydrogens (tertiary/aromatic N) is 1. The van der Waals surface area contributed by atoms with Gasteiger partial charge in [-0.3, -0.25) is 4.90 Å². The number of nitrogens with two attached hydrogens (primary N) is 1. The molecule has 3 rings (SSSR count). The molecule has 134 valence electrons. The van der Waals surface area contributed by atoms with Gasteiger partial charge in [-0.2, -0.15) is 0 Å². The Morgan fingerprint density at radius 3 is 2.52 bits per heavy atom. The maximum Gasteiger partial charge on any atom is 0.161 e. The number of ether oxygens (including phenoxy) is 2. The summed E-state index contributed by atoms with van der Waals surface area (Å²) < 4.78 is 25.0. The van der Waals surface area contributed by atoms with Gasteiger partial charge in [-0.1, -0.05) is 18.2 Å². The highest BCUT2D eigenvalue weighted by Crippen LogP contribution is 2.39. The Bertz CT molecular complexity index is 748. The zero-order valence-corrected chi connectivity index (χ0v) is 15.0. The Morgan fingerprint density at radius 1 is 1.20 bits per heavy atom. The lowest BCUT2D eigenvalue weighted by molar-refractivity contribution is 0.154. The molecule has 1 heterocycles. The van der Waals surface area contributed by atoms with Crippen molar-refractivity contribution in [2.75, 3.05) is 20.8 Å². The second-order valence-corrected chi connectivity index (χ2v) is 6.52. The molecule has 1 aliphatic rings. The monoisotopic (exact) mass is 344 g/mol. The zero-order valence-electron chi connectivity index (χ0n) is 15.0. The van der Waals surface area contributed by atoms with E-state index in [1.165, 1.54) is 11.6 Å². The van der Waals surface area contributed by atoms with Crippen LogP contribution in [0.5, 0.6) is 11.5 Å². The van der Waals surface area contributed by atoms with Crippen molar-refractivity contribution < 1.29 is 13.9 Å². The van der Waals surface area contributed by atoms with Crippen LogP contribution in [-0.2, 0) is 13.0 Å². The van der Waals surface area contributed by atoms with Crippen LogP contribution in [0.3, 0.4) is 0 Å². The lowest BCUT2D eigenvalue weighted by Crippen LogP contribution is -2.43. The molecule has 0 bridgehead atoms. The van der Waals surface area contributed by atoms with E-state index < -0.39 is 0 Å². The maximum absolute atomic E-state index is 14.1. The normalized spacial score (nSPS) is 18.5. The second kappa shape index (κ2) is 7.42. The third kappa shape index (κ3) is 3.48. The third-order valence-electron chi connectivity index (χ3n) is 4.86. The van der Waals surface area contributed by atoms with Gasteiger partial charge in [0.05, 0.1) is 20.3 Å². The van der Waals surface area contributed by atoms with Crippen molar-refractivity contribution in [2.45, 2.75) is 32.0 Å². The second-order valence-electron chi connectivity index (χ2n) is 6.52. The molecule has 4 nitrogen and oxygen atoms in total. The molecule has 5 heteroatoms. The summed E-state index contributed by atoms with van der Waals surface area (Å²) in [5.41, 5.74) is 9.36. The van der Waals surface area contributed by atoms with Crippen LogP contribution >= 0.6 is 0 Å². The average Bonchev–Trinajstić information content (AvgIpc) is 2.61. The molecule has 0 aromatic heterocycles. The molecule has 1 aliphatic heterocycles. The summed E-state index contributed by atoms with van der Waals surface area (Å²) >= 11 is 0. The topological polar surface area (TPSA) is 47.7 Å². The SMILES string of the molecule is COc1cc2c(cc1OC)[C@@H]([C@H](C)N)N(Cc1ccccc1F)CC2. The molecule has 2 aromatic rings. The number of hydrogen-bond donors (Lipinski definition) is 1. The lowest BCUT2D eigenvalue weighted by atomic mass is 9.88. The number of methoxy groups -OCH3 is 2. The van der Waals surface area contributed by atoms with E-state index >= 15 is 0 Å². The highest BCUT2D eigenvalue weighted by Gasteiger charge is 2.31. The van der Waals surface area contributed by atoms with Crippen molar-refractivity contribution in [3.8, 4) is 11.5 Å². The van der Waals surface area contributed by atoms with E-state index in [-0.39, 0.29) is 17.9 Å². The minimum atomic E-state index is -0.177. The van der Waals surface area contributed by atoms with Crippen LogP contribution in [0.25, 0.3) is 0 Å². The van der Waals surface area contributed by atoms with E-state index in [9.17, 15) is 4.39 Å². The Morgan fingerprint density at radius 2 is 1.88 bits per heavy atom. The van der Waals surface area contributed by atoms with Gasteiger partial charge in [0, 0.05) is 24.7 Å². The minimum absolute atomic E-state index is 0.00293. The average molecular weight is 344 g/mol. The molecule has 2 atom stereocenters. The summed E-state index contributed by atoms with van der Waals surface area (Å²) in [6.07, 6.45) is 0.868. The predicted octanol–water partition coefficient (Wildman–Crippen LogP) is 3.29. The van der Waals surface area contributed by atoms with Crippen LogP contribution in [0, 0.1) is 5.82 Å². The minimum Gasteiger partial charge on any atom is -0.493 e. The van der Waals surface area contributed by atoms with Gasteiger partial charge >= 0.3 is 0 Å². The van der Waals surface area contributed by atoms with E-state index in [2.05, 4.69) is 4.90 Å². The molecule has 0 amide bonds. The fraction of sp³-hybridized carbons (Fsp3) is 0.400. The van der Waals surface area contributed by atoms with Crippen LogP contribution in [0.4, 0.5) is 4.39 Å². The van der Waals surface area contributed by atoms with Gasteiger partial charge in [-0.25, -0.2) is 4.39 Å². The molecular formula is C20H25FN2O2. The molecule has 0 aliphatic carbocycles. The number of fused-ring (bicyclic) bond motifs is 1. The molecule has 0 radical (unpaired) electrons. The van der Waals surface area contributed by atoms with Crippen LogP contribution < -0.4 is 15.2 Å². The molecule has 25 heavy (non-hydrogen) atoms. The van der Waals surface area contributed by atoms with Gasteiger partial charge in [0.1, 0.15) is 5.82 Å². The Hall–Kier alpha value is -2.11. The van der Waals surface area contributed by atoms with Crippen LogP contribution in [-0.4, -0.2) is 31.7 Å². The van der Waals surface area contributed by atoms with Gasteiger partial charge in [-0.05, 0) is 42.7 Å². The fourth-order valence-corrected chi connectivity index (χ4v) is 3.67. The molecule has 0 fully saturated rings.